The summed E-state index contributed by atoms with van der Waals surface area (Å²) in [4.78, 5) is 28.6. The molecule has 0 fully saturated rings. The summed E-state index contributed by atoms with van der Waals surface area (Å²) in [6, 6.07) is 14.5. The lowest BCUT2D eigenvalue weighted by molar-refractivity contribution is -0.140. The van der Waals surface area contributed by atoms with Crippen molar-refractivity contribution in [2.24, 2.45) is 5.92 Å². The van der Waals surface area contributed by atoms with Crippen LogP contribution in [0.3, 0.4) is 0 Å². The highest BCUT2D eigenvalue weighted by Gasteiger charge is 2.34. The van der Waals surface area contributed by atoms with Gasteiger partial charge in [0.25, 0.3) is 10.0 Å². The molecule has 0 heterocycles. The third-order valence-electron chi connectivity index (χ3n) is 6.58. The maximum Gasteiger partial charge on any atom is 0.264 e. The topological polar surface area (TPSA) is 96.0 Å². The van der Waals surface area contributed by atoms with Gasteiger partial charge < -0.3 is 15.0 Å². The molecule has 2 amide bonds. The Morgan fingerprint density at radius 2 is 1.56 bits per heavy atom. The Bertz CT molecular complexity index is 1480. The lowest BCUT2D eigenvalue weighted by atomic mass is 10.1. The summed E-state index contributed by atoms with van der Waals surface area (Å²) < 4.78 is 48.1. The van der Waals surface area contributed by atoms with Crippen LogP contribution in [0.4, 0.5) is 10.1 Å². The van der Waals surface area contributed by atoms with Crippen LogP contribution in [0.5, 0.6) is 5.75 Å². The number of nitrogens with zero attached hydrogens (tertiary/aromatic N) is 2. The van der Waals surface area contributed by atoms with E-state index in [2.05, 4.69) is 5.32 Å². The van der Waals surface area contributed by atoms with Gasteiger partial charge in [-0.1, -0.05) is 50.0 Å². The van der Waals surface area contributed by atoms with E-state index in [1.165, 1.54) is 41.3 Å². The largest absolute Gasteiger partial charge is 0.494 e. The van der Waals surface area contributed by atoms with Crippen molar-refractivity contribution >= 4 is 50.7 Å². The van der Waals surface area contributed by atoms with Crippen LogP contribution in [0, 0.1) is 11.7 Å². The van der Waals surface area contributed by atoms with E-state index in [9.17, 15) is 22.4 Å². The van der Waals surface area contributed by atoms with E-state index in [4.69, 9.17) is 27.9 Å². The van der Waals surface area contributed by atoms with E-state index in [1.54, 1.807) is 32.0 Å². The minimum atomic E-state index is -4.34. The number of rotatable bonds is 14. The molecule has 1 atom stereocenters. The molecule has 0 aliphatic rings. The molecule has 0 aliphatic heterocycles. The monoisotopic (exact) mass is 651 g/mol. The number of ether oxygens (including phenoxy) is 1. The molecule has 3 aromatic carbocycles. The van der Waals surface area contributed by atoms with Crippen molar-refractivity contribution in [2.45, 2.75) is 51.6 Å². The molecule has 0 bridgehead atoms. The minimum Gasteiger partial charge on any atom is -0.494 e. The van der Waals surface area contributed by atoms with Crippen LogP contribution in [0.25, 0.3) is 0 Å². The van der Waals surface area contributed by atoms with Crippen molar-refractivity contribution in [1.29, 1.82) is 0 Å². The molecule has 3 rings (SSSR count). The first-order valence-corrected chi connectivity index (χ1v) is 16.1. The zero-order valence-corrected chi connectivity index (χ0v) is 26.8. The first-order valence-electron chi connectivity index (χ1n) is 13.9. The van der Waals surface area contributed by atoms with Crippen LogP contribution in [0.2, 0.25) is 10.0 Å². The van der Waals surface area contributed by atoms with Gasteiger partial charge >= 0.3 is 0 Å². The van der Waals surface area contributed by atoms with Gasteiger partial charge in [-0.25, -0.2) is 12.8 Å². The number of hydrogen-bond donors (Lipinski definition) is 1. The summed E-state index contributed by atoms with van der Waals surface area (Å²) in [6.45, 7) is 7.40. The average molecular weight is 653 g/mol. The Balaban J connectivity index is 2.07. The molecule has 0 aliphatic carbocycles. The lowest BCUT2D eigenvalue weighted by Crippen LogP contribution is -2.52. The second-order valence-corrected chi connectivity index (χ2v) is 12.9. The fourth-order valence-electron chi connectivity index (χ4n) is 4.33. The molecular formula is C31H36Cl2FN3O5S. The van der Waals surface area contributed by atoms with E-state index in [-0.39, 0.29) is 29.5 Å². The molecular weight excluding hydrogens is 616 g/mol. The van der Waals surface area contributed by atoms with Gasteiger partial charge in [-0.2, -0.15) is 0 Å². The fraction of sp³-hybridized carbons (Fsp3) is 0.355. The van der Waals surface area contributed by atoms with Crippen LogP contribution < -0.4 is 14.4 Å². The van der Waals surface area contributed by atoms with E-state index in [1.807, 2.05) is 13.8 Å². The third-order valence-corrected chi connectivity index (χ3v) is 9.07. The van der Waals surface area contributed by atoms with Crippen LogP contribution >= 0.6 is 23.2 Å². The molecule has 1 N–H and O–H groups in total. The predicted octanol–water partition coefficient (Wildman–Crippen LogP) is 6.31. The normalized spacial score (nSPS) is 12.1. The molecule has 8 nitrogen and oxygen atoms in total. The highest BCUT2D eigenvalue weighted by molar-refractivity contribution is 7.92. The van der Waals surface area contributed by atoms with Crippen molar-refractivity contribution in [1.82, 2.24) is 10.2 Å². The van der Waals surface area contributed by atoms with E-state index < -0.39 is 40.2 Å². The van der Waals surface area contributed by atoms with Gasteiger partial charge in [-0.15, -0.1) is 0 Å². The van der Waals surface area contributed by atoms with Crippen LogP contribution in [-0.4, -0.2) is 50.9 Å². The van der Waals surface area contributed by atoms with Crippen molar-refractivity contribution < 1.29 is 27.1 Å². The first kappa shape index (κ1) is 34.2. The molecule has 3 aromatic rings. The number of halogens is 3. The van der Waals surface area contributed by atoms with Crippen molar-refractivity contribution in [3.8, 4) is 5.75 Å². The molecule has 0 aromatic heterocycles. The summed E-state index contributed by atoms with van der Waals surface area (Å²) >= 11 is 12.9. The maximum atomic E-state index is 14.1. The van der Waals surface area contributed by atoms with Gasteiger partial charge in [-0.05, 0) is 79.9 Å². The standard InChI is InChI=1S/C31H36Cl2FN3O5S/c1-5-29(31(39)35-18-21(3)4)36(19-26-27(32)8-7-9-28(26)33)30(38)20-37(23-12-10-22(34)11-13-23)43(40,41)25-16-14-24(15-17-25)42-6-2/h7-17,21,29H,5-6,18-20H2,1-4H3,(H,35,39)/t29-/m1/s1. The molecule has 232 valence electrons. The van der Waals surface area contributed by atoms with Gasteiger partial charge in [0.1, 0.15) is 24.2 Å². The van der Waals surface area contributed by atoms with E-state index in [0.717, 1.165) is 16.4 Å². The number of carbonyl (C=O) groups is 2. The number of nitrogens with one attached hydrogen (secondary N) is 1. The highest BCUT2D eigenvalue weighted by Crippen LogP contribution is 2.29. The number of carbonyl (C=O) groups excluding carboxylic acids is 2. The van der Waals surface area contributed by atoms with Crippen molar-refractivity contribution in [3.05, 3.63) is 88.2 Å². The van der Waals surface area contributed by atoms with Crippen molar-refractivity contribution in [3.63, 3.8) is 0 Å². The number of hydrogen-bond acceptors (Lipinski definition) is 5. The van der Waals surface area contributed by atoms with Crippen LogP contribution in [0.15, 0.2) is 71.6 Å². The molecule has 0 unspecified atom stereocenters. The number of benzene rings is 3. The van der Waals surface area contributed by atoms with Gasteiger partial charge in [0, 0.05) is 28.7 Å². The van der Waals surface area contributed by atoms with Crippen LogP contribution in [-0.2, 0) is 26.2 Å². The molecule has 12 heteroatoms. The average Bonchev–Trinajstić information content (AvgIpc) is 2.97. The quantitative estimate of drug-likeness (QED) is 0.221. The number of anilines is 1. The highest BCUT2D eigenvalue weighted by atomic mass is 35.5. The Kier molecular flexibility index (Phi) is 12.2. The van der Waals surface area contributed by atoms with Gasteiger partial charge in [0.2, 0.25) is 11.8 Å². The van der Waals surface area contributed by atoms with Gasteiger partial charge in [0.15, 0.2) is 0 Å². The Morgan fingerprint density at radius 1 is 0.953 bits per heavy atom. The predicted molar refractivity (Wildman–Crippen MR) is 167 cm³/mol. The molecule has 0 saturated heterocycles. The minimum absolute atomic E-state index is 0.0664. The fourth-order valence-corrected chi connectivity index (χ4v) is 6.26. The summed E-state index contributed by atoms with van der Waals surface area (Å²) in [5, 5.41) is 3.45. The summed E-state index contributed by atoms with van der Waals surface area (Å²) in [5.74, 6) is -1.00. The second-order valence-electron chi connectivity index (χ2n) is 10.2. The third kappa shape index (κ3) is 8.84. The lowest BCUT2D eigenvalue weighted by Gasteiger charge is -2.33. The molecule has 0 saturated carbocycles. The smallest absolute Gasteiger partial charge is 0.264 e. The van der Waals surface area contributed by atoms with Gasteiger partial charge in [0.05, 0.1) is 17.2 Å². The molecule has 0 radical (unpaired) electrons. The first-order chi connectivity index (χ1) is 20.4. The summed E-state index contributed by atoms with van der Waals surface area (Å²) in [7, 11) is -4.34. The molecule has 0 spiro atoms. The summed E-state index contributed by atoms with van der Waals surface area (Å²) in [6.07, 6.45) is 0.236. The Labute approximate surface area is 262 Å². The molecule has 43 heavy (non-hydrogen) atoms. The number of amides is 2. The summed E-state index contributed by atoms with van der Waals surface area (Å²) in [5.41, 5.74) is 0.480. The Morgan fingerprint density at radius 3 is 2.09 bits per heavy atom. The van der Waals surface area contributed by atoms with E-state index in [0.29, 0.717) is 34.5 Å². The SMILES string of the molecule is CCOc1ccc(S(=O)(=O)N(CC(=O)N(Cc2c(Cl)cccc2Cl)[C@H](CC)C(=O)NCC(C)C)c2ccc(F)cc2)cc1. The van der Waals surface area contributed by atoms with Crippen LogP contribution in [0.1, 0.15) is 39.7 Å². The van der Waals surface area contributed by atoms with Gasteiger partial charge in [-0.3, -0.25) is 13.9 Å². The van der Waals surface area contributed by atoms with E-state index >= 15 is 0 Å². The van der Waals surface area contributed by atoms with Crippen molar-refractivity contribution in [2.75, 3.05) is 24.0 Å². The Hall–Kier alpha value is -3.34. The zero-order valence-electron chi connectivity index (χ0n) is 24.5. The number of sulfonamides is 1. The zero-order chi connectivity index (χ0) is 31.7. The maximum absolute atomic E-state index is 14.1. The second kappa shape index (κ2) is 15.4.